The fourth-order valence-electron chi connectivity index (χ4n) is 1.42. The largest absolute Gasteiger partial charge is 0.294 e. The van der Waals surface area contributed by atoms with E-state index in [0.717, 1.165) is 13.7 Å². The van der Waals surface area contributed by atoms with Gasteiger partial charge >= 0.3 is 0 Å². The molecule has 0 saturated carbocycles. The van der Waals surface area contributed by atoms with E-state index in [1.54, 1.807) is 17.8 Å². The van der Waals surface area contributed by atoms with Crippen molar-refractivity contribution < 1.29 is 4.79 Å². The number of hydrogen-bond acceptors (Lipinski definition) is 2. The second kappa shape index (κ2) is 4.67. The highest BCUT2D eigenvalue weighted by Gasteiger charge is 2.10. The summed E-state index contributed by atoms with van der Waals surface area (Å²) in [5.41, 5.74) is 1.47. The molecular weight excluding hydrogens is 383 g/mol. The normalized spacial score (nSPS) is 10.4. The van der Waals surface area contributed by atoms with E-state index in [1.807, 2.05) is 24.4 Å². The van der Waals surface area contributed by atoms with E-state index < -0.39 is 0 Å². The molecule has 0 fully saturated rings. The SMILES string of the molecule is CC(=O)c1cc(Br)ccc1-n1cc(I)cn1. The van der Waals surface area contributed by atoms with Gasteiger partial charge < -0.3 is 0 Å². The molecule has 0 N–H and O–H groups in total. The van der Waals surface area contributed by atoms with Gasteiger partial charge in [0, 0.05) is 16.2 Å². The summed E-state index contributed by atoms with van der Waals surface area (Å²) in [5, 5.41) is 4.20. The molecule has 0 aliphatic rings. The molecular formula is C11H8BrIN2O. The molecule has 3 nitrogen and oxygen atoms in total. The van der Waals surface area contributed by atoms with Crippen LogP contribution in [0, 0.1) is 3.57 Å². The van der Waals surface area contributed by atoms with Gasteiger partial charge in [-0.3, -0.25) is 4.79 Å². The maximum Gasteiger partial charge on any atom is 0.162 e. The first-order chi connectivity index (χ1) is 7.58. The summed E-state index contributed by atoms with van der Waals surface area (Å²) in [5.74, 6) is 0.0295. The Morgan fingerprint density at radius 3 is 2.81 bits per heavy atom. The fourth-order valence-corrected chi connectivity index (χ4v) is 2.17. The smallest absolute Gasteiger partial charge is 0.162 e. The molecule has 1 aromatic carbocycles. The van der Waals surface area contributed by atoms with Crippen molar-refractivity contribution in [2.24, 2.45) is 0 Å². The van der Waals surface area contributed by atoms with Crippen LogP contribution in [0.4, 0.5) is 0 Å². The van der Waals surface area contributed by atoms with Gasteiger partial charge in [-0.2, -0.15) is 5.10 Å². The van der Waals surface area contributed by atoms with E-state index >= 15 is 0 Å². The minimum Gasteiger partial charge on any atom is -0.294 e. The van der Waals surface area contributed by atoms with Crippen molar-refractivity contribution in [2.75, 3.05) is 0 Å². The molecule has 82 valence electrons. The first-order valence-corrected chi connectivity index (χ1v) is 6.46. The Balaban J connectivity index is 2.60. The highest BCUT2D eigenvalue weighted by molar-refractivity contribution is 14.1. The summed E-state index contributed by atoms with van der Waals surface area (Å²) in [7, 11) is 0. The van der Waals surface area contributed by atoms with Gasteiger partial charge in [0.15, 0.2) is 5.78 Å². The number of carbonyl (C=O) groups is 1. The van der Waals surface area contributed by atoms with E-state index in [4.69, 9.17) is 0 Å². The van der Waals surface area contributed by atoms with Gasteiger partial charge in [-0.15, -0.1) is 0 Å². The Bertz CT molecular complexity index is 551. The van der Waals surface area contributed by atoms with Crippen molar-refractivity contribution in [2.45, 2.75) is 6.92 Å². The van der Waals surface area contributed by atoms with Gasteiger partial charge in [0.25, 0.3) is 0 Å². The number of carbonyl (C=O) groups excluding carboxylic acids is 1. The molecule has 16 heavy (non-hydrogen) atoms. The fraction of sp³-hybridized carbons (Fsp3) is 0.0909. The minimum atomic E-state index is 0.0295. The quantitative estimate of drug-likeness (QED) is 0.581. The number of rotatable bonds is 2. The highest BCUT2D eigenvalue weighted by atomic mass is 127. The number of ketones is 1. The van der Waals surface area contributed by atoms with Crippen molar-refractivity contribution >= 4 is 44.3 Å². The zero-order valence-corrected chi connectivity index (χ0v) is 12.2. The summed E-state index contributed by atoms with van der Waals surface area (Å²) in [6.07, 6.45) is 3.64. The lowest BCUT2D eigenvalue weighted by Crippen LogP contribution is -2.03. The van der Waals surface area contributed by atoms with E-state index in [-0.39, 0.29) is 5.78 Å². The van der Waals surface area contributed by atoms with Crippen LogP contribution in [-0.2, 0) is 0 Å². The Hall–Kier alpha value is -0.690. The summed E-state index contributed by atoms with van der Waals surface area (Å²) in [6.45, 7) is 1.56. The molecule has 2 rings (SSSR count). The van der Waals surface area contributed by atoms with Crippen LogP contribution in [0.3, 0.4) is 0 Å². The molecule has 0 aliphatic heterocycles. The number of hydrogen-bond donors (Lipinski definition) is 0. The molecule has 0 radical (unpaired) electrons. The van der Waals surface area contributed by atoms with E-state index in [1.165, 1.54) is 0 Å². The molecule has 5 heteroatoms. The van der Waals surface area contributed by atoms with Gasteiger partial charge in [0.1, 0.15) is 0 Å². The topological polar surface area (TPSA) is 34.9 Å². The van der Waals surface area contributed by atoms with Gasteiger partial charge in [0.05, 0.1) is 15.5 Å². The number of Topliss-reactive ketones (excluding diaryl/α,β-unsaturated/α-hetero) is 1. The first-order valence-electron chi connectivity index (χ1n) is 4.59. The van der Waals surface area contributed by atoms with Crippen molar-refractivity contribution in [3.63, 3.8) is 0 Å². The lowest BCUT2D eigenvalue weighted by atomic mass is 10.1. The van der Waals surface area contributed by atoms with E-state index in [2.05, 4.69) is 43.6 Å². The zero-order chi connectivity index (χ0) is 11.7. The number of aromatic nitrogens is 2. The third-order valence-electron chi connectivity index (χ3n) is 2.14. The average molecular weight is 391 g/mol. The Morgan fingerprint density at radius 2 is 2.25 bits per heavy atom. The summed E-state index contributed by atoms with van der Waals surface area (Å²) >= 11 is 5.54. The molecule has 0 spiro atoms. The Morgan fingerprint density at radius 1 is 1.50 bits per heavy atom. The van der Waals surface area contributed by atoms with Crippen LogP contribution in [-0.4, -0.2) is 15.6 Å². The second-order valence-corrected chi connectivity index (χ2v) is 5.48. The number of nitrogens with zero attached hydrogens (tertiary/aromatic N) is 2. The Labute approximate surface area is 115 Å². The lowest BCUT2D eigenvalue weighted by Gasteiger charge is -2.07. The van der Waals surface area contributed by atoms with Gasteiger partial charge in [-0.25, -0.2) is 4.68 Å². The summed E-state index contributed by atoms with van der Waals surface area (Å²) in [6, 6.07) is 5.59. The zero-order valence-electron chi connectivity index (χ0n) is 8.45. The van der Waals surface area contributed by atoms with Crippen LogP contribution in [0.2, 0.25) is 0 Å². The van der Waals surface area contributed by atoms with Gasteiger partial charge in [-0.1, -0.05) is 15.9 Å². The molecule has 1 heterocycles. The number of halogens is 2. The van der Waals surface area contributed by atoms with Gasteiger partial charge in [0.2, 0.25) is 0 Å². The molecule has 0 bridgehead atoms. The van der Waals surface area contributed by atoms with E-state index in [9.17, 15) is 4.79 Å². The first kappa shape index (κ1) is 11.8. The third kappa shape index (κ3) is 2.35. The molecule has 1 aromatic heterocycles. The molecule has 0 amide bonds. The average Bonchev–Trinajstić information content (AvgIpc) is 2.64. The molecule has 2 aromatic rings. The molecule has 0 atom stereocenters. The van der Waals surface area contributed by atoms with Crippen molar-refractivity contribution in [3.8, 4) is 5.69 Å². The van der Waals surface area contributed by atoms with Gasteiger partial charge in [-0.05, 0) is 47.7 Å². The molecule has 0 unspecified atom stereocenters. The van der Waals surface area contributed by atoms with Crippen LogP contribution in [0.1, 0.15) is 17.3 Å². The summed E-state index contributed by atoms with van der Waals surface area (Å²) in [4.78, 5) is 11.5. The second-order valence-electron chi connectivity index (χ2n) is 3.32. The maximum atomic E-state index is 11.5. The maximum absolute atomic E-state index is 11.5. The van der Waals surface area contributed by atoms with Crippen LogP contribution in [0.5, 0.6) is 0 Å². The van der Waals surface area contributed by atoms with Crippen molar-refractivity contribution in [1.29, 1.82) is 0 Å². The Kier molecular flexibility index (Phi) is 3.44. The van der Waals surface area contributed by atoms with E-state index in [0.29, 0.717) is 5.56 Å². The predicted octanol–water partition coefficient (Wildman–Crippen LogP) is 3.44. The van der Waals surface area contributed by atoms with Crippen LogP contribution in [0.15, 0.2) is 35.1 Å². The van der Waals surface area contributed by atoms with Crippen molar-refractivity contribution in [3.05, 3.63) is 44.2 Å². The predicted molar refractivity (Wildman–Crippen MR) is 74.0 cm³/mol. The summed E-state index contributed by atoms with van der Waals surface area (Å²) < 4.78 is 3.64. The highest BCUT2D eigenvalue weighted by Crippen LogP contribution is 2.20. The molecule has 0 saturated heterocycles. The number of benzene rings is 1. The monoisotopic (exact) mass is 390 g/mol. The standard InChI is InChI=1S/C11H8BrIN2O/c1-7(16)10-4-8(12)2-3-11(10)15-6-9(13)5-14-15/h2-6H,1H3. The van der Waals surface area contributed by atoms with Crippen LogP contribution in [0.25, 0.3) is 5.69 Å². The van der Waals surface area contributed by atoms with Crippen LogP contribution >= 0.6 is 38.5 Å². The third-order valence-corrected chi connectivity index (χ3v) is 3.19. The molecule has 0 aliphatic carbocycles. The van der Waals surface area contributed by atoms with Crippen LogP contribution < -0.4 is 0 Å². The van der Waals surface area contributed by atoms with Crippen molar-refractivity contribution in [1.82, 2.24) is 9.78 Å². The minimum absolute atomic E-state index is 0.0295. The lowest BCUT2D eigenvalue weighted by molar-refractivity contribution is 0.101.